The van der Waals surface area contributed by atoms with Gasteiger partial charge in [0.15, 0.2) is 10.8 Å². The molecule has 98 valence electrons. The molecule has 2 aromatic rings. The number of hydrogen-bond acceptors (Lipinski definition) is 5. The zero-order valence-electron chi connectivity index (χ0n) is 10.5. The minimum Gasteiger partial charge on any atom is -0.355 e. The second-order valence-electron chi connectivity index (χ2n) is 3.95. The van der Waals surface area contributed by atoms with E-state index in [4.69, 9.17) is 5.73 Å². The largest absolute Gasteiger partial charge is 0.355 e. The van der Waals surface area contributed by atoms with E-state index >= 15 is 0 Å². The number of likely N-dealkylation sites (N-methyl/N-ethyl adjacent to an activating group) is 2. The maximum Gasteiger partial charge on any atom is 0.239 e. The van der Waals surface area contributed by atoms with Gasteiger partial charge >= 0.3 is 0 Å². The van der Waals surface area contributed by atoms with Gasteiger partial charge in [0.1, 0.15) is 0 Å². The molecule has 0 spiro atoms. The topological polar surface area (TPSA) is 75.7 Å². The van der Waals surface area contributed by atoms with Crippen molar-refractivity contribution in [3.8, 4) is 0 Å². The van der Waals surface area contributed by atoms with Crippen molar-refractivity contribution in [2.75, 3.05) is 25.0 Å². The van der Waals surface area contributed by atoms with Crippen LogP contribution in [-0.2, 0) is 11.3 Å². The lowest BCUT2D eigenvalue weighted by Crippen LogP contribution is -2.35. The van der Waals surface area contributed by atoms with Gasteiger partial charge in [-0.05, 0) is 6.92 Å². The average Bonchev–Trinajstić information content (AvgIpc) is 2.87. The number of nitrogens with zero attached hydrogens (tertiary/aromatic N) is 3. The summed E-state index contributed by atoms with van der Waals surface area (Å²) in [7, 11) is 1.85. The first kappa shape index (κ1) is 12.8. The molecule has 0 aliphatic rings. The van der Waals surface area contributed by atoms with Crippen LogP contribution in [-0.4, -0.2) is 35.4 Å². The third-order valence-corrected chi connectivity index (χ3v) is 3.41. The molecule has 3 N–H and O–H groups in total. The highest BCUT2D eigenvalue weighted by Gasteiger charge is 2.16. The summed E-state index contributed by atoms with van der Waals surface area (Å²) in [6.07, 6.45) is 1.94. The Hall–Kier alpha value is -1.60. The van der Waals surface area contributed by atoms with Crippen LogP contribution in [0.5, 0.6) is 0 Å². The standard InChI is InChI=1S/C11H17N5OS/c1-3-13-9(17)7-15(2)10-8(6-12)16-4-5-18-11(16)14-10/h4-5H,3,6-7,12H2,1-2H3,(H,13,17). The highest BCUT2D eigenvalue weighted by Crippen LogP contribution is 2.23. The van der Waals surface area contributed by atoms with E-state index in [1.54, 1.807) is 11.3 Å². The van der Waals surface area contributed by atoms with Crippen molar-refractivity contribution in [2.24, 2.45) is 5.73 Å². The fourth-order valence-electron chi connectivity index (χ4n) is 1.86. The second-order valence-corrected chi connectivity index (χ2v) is 4.82. The van der Waals surface area contributed by atoms with Gasteiger partial charge in [0.2, 0.25) is 5.91 Å². The normalized spacial score (nSPS) is 10.8. The zero-order valence-corrected chi connectivity index (χ0v) is 11.3. The SMILES string of the molecule is CCNC(=O)CN(C)c1nc2sccn2c1CN. The van der Waals surface area contributed by atoms with Gasteiger partial charge < -0.3 is 16.0 Å². The van der Waals surface area contributed by atoms with Crippen LogP contribution < -0.4 is 16.0 Å². The highest BCUT2D eigenvalue weighted by molar-refractivity contribution is 7.15. The molecule has 0 aromatic carbocycles. The van der Waals surface area contributed by atoms with E-state index in [0.29, 0.717) is 13.1 Å². The summed E-state index contributed by atoms with van der Waals surface area (Å²) in [5, 5.41) is 4.73. The summed E-state index contributed by atoms with van der Waals surface area (Å²) in [5.74, 6) is 0.759. The molecule has 6 nitrogen and oxygen atoms in total. The highest BCUT2D eigenvalue weighted by atomic mass is 32.1. The first-order valence-electron chi connectivity index (χ1n) is 5.79. The molecule has 2 heterocycles. The van der Waals surface area contributed by atoms with Gasteiger partial charge in [0.25, 0.3) is 0 Å². The number of amides is 1. The average molecular weight is 267 g/mol. The van der Waals surface area contributed by atoms with Crippen molar-refractivity contribution in [1.82, 2.24) is 14.7 Å². The van der Waals surface area contributed by atoms with E-state index in [-0.39, 0.29) is 12.5 Å². The zero-order chi connectivity index (χ0) is 13.1. The Labute approximate surface area is 109 Å². The van der Waals surface area contributed by atoms with Gasteiger partial charge in [-0.15, -0.1) is 11.3 Å². The number of fused-ring (bicyclic) bond motifs is 1. The van der Waals surface area contributed by atoms with Crippen molar-refractivity contribution in [3.63, 3.8) is 0 Å². The van der Waals surface area contributed by atoms with Crippen molar-refractivity contribution in [2.45, 2.75) is 13.5 Å². The van der Waals surface area contributed by atoms with Crippen LogP contribution in [0.15, 0.2) is 11.6 Å². The van der Waals surface area contributed by atoms with E-state index in [1.165, 1.54) is 0 Å². The van der Waals surface area contributed by atoms with Crippen LogP contribution in [0.3, 0.4) is 0 Å². The number of imidazole rings is 1. The molecular formula is C11H17N5OS. The van der Waals surface area contributed by atoms with Gasteiger partial charge in [-0.25, -0.2) is 4.98 Å². The van der Waals surface area contributed by atoms with Crippen LogP contribution in [0.4, 0.5) is 5.82 Å². The lowest BCUT2D eigenvalue weighted by Gasteiger charge is -2.17. The smallest absolute Gasteiger partial charge is 0.239 e. The molecule has 0 unspecified atom stereocenters. The number of hydrogen-bond donors (Lipinski definition) is 2. The summed E-state index contributed by atoms with van der Waals surface area (Å²) in [6.45, 7) is 3.21. The fourth-order valence-corrected chi connectivity index (χ4v) is 2.59. The fraction of sp³-hybridized carbons (Fsp3) is 0.455. The predicted octanol–water partition coefficient (Wildman–Crippen LogP) is 0.427. The summed E-state index contributed by atoms with van der Waals surface area (Å²) < 4.78 is 1.97. The van der Waals surface area contributed by atoms with Crippen LogP contribution in [0.25, 0.3) is 4.96 Å². The lowest BCUT2D eigenvalue weighted by molar-refractivity contribution is -0.119. The van der Waals surface area contributed by atoms with Crippen LogP contribution in [0, 0.1) is 0 Å². The molecule has 0 aliphatic heterocycles. The molecule has 0 bridgehead atoms. The van der Waals surface area contributed by atoms with Crippen molar-refractivity contribution >= 4 is 28.0 Å². The van der Waals surface area contributed by atoms with Crippen LogP contribution in [0.1, 0.15) is 12.6 Å². The Balaban J connectivity index is 2.23. The predicted molar refractivity (Wildman–Crippen MR) is 72.9 cm³/mol. The number of nitrogens with two attached hydrogens (primary N) is 1. The number of carbonyl (C=O) groups excluding carboxylic acids is 1. The molecule has 0 saturated heterocycles. The van der Waals surface area contributed by atoms with E-state index in [1.807, 2.05) is 34.8 Å². The quantitative estimate of drug-likeness (QED) is 0.823. The first-order chi connectivity index (χ1) is 8.67. The number of rotatable bonds is 5. The number of anilines is 1. The van der Waals surface area contributed by atoms with Gasteiger partial charge in [-0.3, -0.25) is 9.20 Å². The van der Waals surface area contributed by atoms with Crippen molar-refractivity contribution in [1.29, 1.82) is 0 Å². The lowest BCUT2D eigenvalue weighted by atomic mass is 10.4. The molecule has 0 radical (unpaired) electrons. The van der Waals surface area contributed by atoms with Gasteiger partial charge in [-0.2, -0.15) is 0 Å². The summed E-state index contributed by atoms with van der Waals surface area (Å²) in [5.41, 5.74) is 6.69. The first-order valence-corrected chi connectivity index (χ1v) is 6.67. The molecule has 18 heavy (non-hydrogen) atoms. The maximum atomic E-state index is 11.6. The van der Waals surface area contributed by atoms with Gasteiger partial charge in [-0.1, -0.05) is 0 Å². The van der Waals surface area contributed by atoms with E-state index < -0.39 is 0 Å². The van der Waals surface area contributed by atoms with E-state index in [0.717, 1.165) is 16.5 Å². The monoisotopic (exact) mass is 267 g/mol. The number of aromatic nitrogens is 2. The molecule has 0 fully saturated rings. The molecule has 0 atom stereocenters. The Kier molecular flexibility index (Phi) is 3.83. The van der Waals surface area contributed by atoms with Gasteiger partial charge in [0.05, 0.1) is 12.2 Å². The third kappa shape index (κ3) is 2.32. The Morgan fingerprint density at radius 1 is 1.67 bits per heavy atom. The molecule has 7 heteroatoms. The van der Waals surface area contributed by atoms with Crippen molar-refractivity contribution in [3.05, 3.63) is 17.3 Å². The van der Waals surface area contributed by atoms with Gasteiger partial charge in [0, 0.05) is 31.7 Å². The molecule has 0 saturated carbocycles. The Bertz CT molecular complexity index is 547. The van der Waals surface area contributed by atoms with E-state index in [9.17, 15) is 4.79 Å². The number of carbonyl (C=O) groups is 1. The Morgan fingerprint density at radius 3 is 3.11 bits per heavy atom. The molecular weight excluding hydrogens is 250 g/mol. The summed E-state index contributed by atoms with van der Waals surface area (Å²) in [4.78, 5) is 18.8. The summed E-state index contributed by atoms with van der Waals surface area (Å²) >= 11 is 1.55. The van der Waals surface area contributed by atoms with E-state index in [2.05, 4.69) is 10.3 Å². The number of nitrogens with one attached hydrogen (secondary N) is 1. The Morgan fingerprint density at radius 2 is 2.44 bits per heavy atom. The minimum absolute atomic E-state index is 0.0145. The maximum absolute atomic E-state index is 11.6. The molecule has 2 aromatic heterocycles. The van der Waals surface area contributed by atoms with Crippen molar-refractivity contribution < 1.29 is 4.79 Å². The molecule has 1 amide bonds. The minimum atomic E-state index is -0.0145. The van der Waals surface area contributed by atoms with Crippen LogP contribution in [0.2, 0.25) is 0 Å². The molecule has 0 aliphatic carbocycles. The molecule has 2 rings (SSSR count). The third-order valence-electron chi connectivity index (χ3n) is 2.65. The summed E-state index contributed by atoms with van der Waals surface area (Å²) in [6, 6.07) is 0. The van der Waals surface area contributed by atoms with Crippen LogP contribution >= 0.6 is 11.3 Å². The second kappa shape index (κ2) is 5.36. The number of thiazole rings is 1.